The first kappa shape index (κ1) is 17.9. The molecule has 1 aromatic heterocycles. The lowest BCUT2D eigenvalue weighted by molar-refractivity contribution is 0.299. The molecule has 3 aromatic rings. The van der Waals surface area contributed by atoms with Gasteiger partial charge < -0.3 is 4.74 Å². The van der Waals surface area contributed by atoms with Gasteiger partial charge in [0.25, 0.3) is 0 Å². The van der Waals surface area contributed by atoms with Crippen molar-refractivity contribution in [3.8, 4) is 5.75 Å². The van der Waals surface area contributed by atoms with Gasteiger partial charge in [-0.3, -0.25) is 5.43 Å². The lowest BCUT2D eigenvalue weighted by Crippen LogP contribution is -1.99. The Morgan fingerprint density at radius 3 is 2.46 bits per heavy atom. The second-order valence-electron chi connectivity index (χ2n) is 5.40. The predicted molar refractivity (Wildman–Crippen MR) is 95.2 cm³/mol. The summed E-state index contributed by atoms with van der Waals surface area (Å²) in [5, 5.41) is 6.73. The van der Waals surface area contributed by atoms with Crippen LogP contribution in [0.15, 0.2) is 46.9 Å². The summed E-state index contributed by atoms with van der Waals surface area (Å²) in [5.74, 6) is -4.15. The van der Waals surface area contributed by atoms with E-state index in [-0.39, 0.29) is 12.4 Å². The van der Waals surface area contributed by atoms with E-state index < -0.39 is 17.5 Å². The Balaban J connectivity index is 1.56. The standard InChI is InChI=1S/C18H14F3N3OS/c1-11-10-26-18(23-11)24-22-8-12-2-4-13(5-3-12)9-25-14-6-15(19)17(21)16(20)7-14/h2-8,10H,9H2,1H3,(H,23,24). The second kappa shape index (κ2) is 8.01. The lowest BCUT2D eigenvalue weighted by Gasteiger charge is -2.07. The van der Waals surface area contributed by atoms with Crippen molar-refractivity contribution < 1.29 is 17.9 Å². The molecule has 0 aliphatic carbocycles. The molecule has 0 atom stereocenters. The molecular weight excluding hydrogens is 363 g/mol. The van der Waals surface area contributed by atoms with Gasteiger partial charge in [-0.1, -0.05) is 24.3 Å². The minimum absolute atomic E-state index is 0.0741. The second-order valence-corrected chi connectivity index (χ2v) is 6.25. The maximum atomic E-state index is 13.1. The number of thiazole rings is 1. The molecule has 1 N–H and O–H groups in total. The number of nitrogens with zero attached hydrogens (tertiary/aromatic N) is 2. The molecule has 2 aromatic carbocycles. The van der Waals surface area contributed by atoms with Crippen LogP contribution in [0.5, 0.6) is 5.75 Å². The Labute approximate surface area is 152 Å². The van der Waals surface area contributed by atoms with E-state index in [4.69, 9.17) is 4.74 Å². The monoisotopic (exact) mass is 377 g/mol. The molecule has 0 aliphatic rings. The summed E-state index contributed by atoms with van der Waals surface area (Å²) < 4.78 is 44.5. The van der Waals surface area contributed by atoms with Crippen LogP contribution in [0.4, 0.5) is 18.3 Å². The summed E-state index contributed by atoms with van der Waals surface area (Å²) in [4.78, 5) is 4.23. The average Bonchev–Trinajstić information content (AvgIpc) is 3.04. The number of aryl methyl sites for hydroxylation is 1. The normalized spacial score (nSPS) is 11.1. The average molecular weight is 377 g/mol. The van der Waals surface area contributed by atoms with E-state index >= 15 is 0 Å². The van der Waals surface area contributed by atoms with E-state index in [1.54, 1.807) is 18.3 Å². The fourth-order valence-electron chi connectivity index (χ4n) is 2.05. The summed E-state index contributed by atoms with van der Waals surface area (Å²) in [5.41, 5.74) is 5.41. The van der Waals surface area contributed by atoms with E-state index in [0.717, 1.165) is 29.0 Å². The Hall–Kier alpha value is -2.87. The number of benzene rings is 2. The van der Waals surface area contributed by atoms with Gasteiger partial charge in [-0.15, -0.1) is 11.3 Å². The highest BCUT2D eigenvalue weighted by Gasteiger charge is 2.11. The first-order valence-electron chi connectivity index (χ1n) is 7.59. The van der Waals surface area contributed by atoms with Crippen LogP contribution in [-0.2, 0) is 6.61 Å². The van der Waals surface area contributed by atoms with Crippen molar-refractivity contribution in [1.82, 2.24) is 4.98 Å². The van der Waals surface area contributed by atoms with Crippen molar-refractivity contribution in [2.24, 2.45) is 5.10 Å². The Bertz CT molecular complexity index is 903. The SMILES string of the molecule is Cc1csc(NN=Cc2ccc(COc3cc(F)c(F)c(F)c3)cc2)n1. The molecule has 0 bridgehead atoms. The molecule has 3 rings (SSSR count). The lowest BCUT2D eigenvalue weighted by atomic mass is 10.1. The molecule has 0 fully saturated rings. The number of nitrogens with one attached hydrogen (secondary N) is 1. The summed E-state index contributed by atoms with van der Waals surface area (Å²) in [7, 11) is 0. The van der Waals surface area contributed by atoms with Gasteiger partial charge in [-0.05, 0) is 18.1 Å². The third kappa shape index (κ3) is 4.60. The van der Waals surface area contributed by atoms with E-state index in [1.807, 2.05) is 24.4 Å². The number of hydrogen-bond acceptors (Lipinski definition) is 5. The highest BCUT2D eigenvalue weighted by molar-refractivity contribution is 7.13. The maximum absolute atomic E-state index is 13.1. The van der Waals surface area contributed by atoms with Crippen molar-refractivity contribution in [3.63, 3.8) is 0 Å². The minimum atomic E-state index is -1.51. The zero-order valence-electron chi connectivity index (χ0n) is 13.7. The van der Waals surface area contributed by atoms with Crippen LogP contribution in [0.1, 0.15) is 16.8 Å². The van der Waals surface area contributed by atoms with E-state index in [9.17, 15) is 13.2 Å². The number of halogens is 3. The number of hydrogen-bond donors (Lipinski definition) is 1. The largest absolute Gasteiger partial charge is 0.489 e. The first-order chi connectivity index (χ1) is 12.5. The van der Waals surface area contributed by atoms with Gasteiger partial charge in [-0.2, -0.15) is 5.10 Å². The molecule has 0 aliphatic heterocycles. The van der Waals surface area contributed by atoms with E-state index in [0.29, 0.717) is 5.13 Å². The third-order valence-corrected chi connectivity index (χ3v) is 4.20. The van der Waals surface area contributed by atoms with Gasteiger partial charge in [0.15, 0.2) is 17.5 Å². The highest BCUT2D eigenvalue weighted by Crippen LogP contribution is 2.20. The molecule has 1 heterocycles. The first-order valence-corrected chi connectivity index (χ1v) is 8.47. The number of hydrazone groups is 1. The third-order valence-electron chi connectivity index (χ3n) is 3.34. The van der Waals surface area contributed by atoms with Gasteiger partial charge in [0.2, 0.25) is 5.13 Å². The van der Waals surface area contributed by atoms with Crippen molar-refractivity contribution in [2.75, 3.05) is 5.43 Å². The topological polar surface area (TPSA) is 46.5 Å². The van der Waals surface area contributed by atoms with Crippen LogP contribution in [-0.4, -0.2) is 11.2 Å². The number of ether oxygens (including phenoxy) is 1. The van der Waals surface area contributed by atoms with Gasteiger partial charge in [-0.25, -0.2) is 18.2 Å². The number of aromatic nitrogens is 1. The van der Waals surface area contributed by atoms with E-state index in [2.05, 4.69) is 15.5 Å². The summed E-state index contributed by atoms with van der Waals surface area (Å²) in [6.07, 6.45) is 1.64. The van der Waals surface area contributed by atoms with Gasteiger partial charge in [0.1, 0.15) is 12.4 Å². The maximum Gasteiger partial charge on any atom is 0.203 e. The predicted octanol–water partition coefficient (Wildman–Crippen LogP) is 4.89. The fourth-order valence-corrected chi connectivity index (χ4v) is 2.69. The number of anilines is 1. The molecule has 0 spiro atoms. The minimum Gasteiger partial charge on any atom is -0.489 e. The van der Waals surface area contributed by atoms with Crippen LogP contribution in [0.25, 0.3) is 0 Å². The van der Waals surface area contributed by atoms with Crippen molar-refractivity contribution in [3.05, 3.63) is 76.1 Å². The summed E-state index contributed by atoms with van der Waals surface area (Å²) >= 11 is 1.47. The zero-order chi connectivity index (χ0) is 18.5. The molecule has 0 saturated carbocycles. The molecule has 4 nitrogen and oxygen atoms in total. The summed E-state index contributed by atoms with van der Waals surface area (Å²) in [6, 6.07) is 8.86. The van der Waals surface area contributed by atoms with Crippen LogP contribution in [0.2, 0.25) is 0 Å². The van der Waals surface area contributed by atoms with Crippen molar-refractivity contribution >= 4 is 22.7 Å². The Kier molecular flexibility index (Phi) is 5.52. The molecule has 0 radical (unpaired) electrons. The molecule has 0 unspecified atom stereocenters. The molecule has 8 heteroatoms. The molecule has 0 saturated heterocycles. The zero-order valence-corrected chi connectivity index (χ0v) is 14.5. The van der Waals surface area contributed by atoms with Gasteiger partial charge in [0.05, 0.1) is 11.9 Å². The van der Waals surface area contributed by atoms with Crippen molar-refractivity contribution in [1.29, 1.82) is 0 Å². The molecule has 26 heavy (non-hydrogen) atoms. The van der Waals surface area contributed by atoms with Crippen LogP contribution in [0.3, 0.4) is 0 Å². The highest BCUT2D eigenvalue weighted by atomic mass is 32.1. The van der Waals surface area contributed by atoms with Crippen LogP contribution in [0, 0.1) is 24.4 Å². The Morgan fingerprint density at radius 1 is 1.15 bits per heavy atom. The fraction of sp³-hybridized carbons (Fsp3) is 0.111. The van der Waals surface area contributed by atoms with Gasteiger partial charge >= 0.3 is 0 Å². The summed E-state index contributed by atoms with van der Waals surface area (Å²) in [6.45, 7) is 2.00. The van der Waals surface area contributed by atoms with Gasteiger partial charge in [0, 0.05) is 17.5 Å². The quantitative estimate of drug-likeness (QED) is 0.378. The molecule has 0 amide bonds. The number of rotatable bonds is 6. The van der Waals surface area contributed by atoms with Crippen molar-refractivity contribution in [2.45, 2.75) is 13.5 Å². The Morgan fingerprint density at radius 2 is 1.85 bits per heavy atom. The molecule has 134 valence electrons. The smallest absolute Gasteiger partial charge is 0.203 e. The van der Waals surface area contributed by atoms with E-state index in [1.165, 1.54) is 11.3 Å². The van der Waals surface area contributed by atoms with Crippen LogP contribution < -0.4 is 10.2 Å². The molecular formula is C18H14F3N3OS. The van der Waals surface area contributed by atoms with Crippen LogP contribution >= 0.6 is 11.3 Å².